The van der Waals surface area contributed by atoms with Crippen molar-refractivity contribution >= 4 is 16.3 Å². The Balaban J connectivity index is 1.18. The van der Waals surface area contributed by atoms with Gasteiger partial charge in [0.2, 0.25) is 0 Å². The van der Waals surface area contributed by atoms with E-state index in [1.54, 1.807) is 0 Å². The molecule has 240 valence electrons. The average molecular weight is 645 g/mol. The quantitative estimate of drug-likeness (QED) is 0.191. The van der Waals surface area contributed by atoms with E-state index in [1.807, 2.05) is 12.1 Å². The molecule has 3 aliphatic rings. The number of nitrogens with zero attached hydrogens (tertiary/aromatic N) is 2. The number of fused-ring (bicyclic) bond motifs is 8. The van der Waals surface area contributed by atoms with E-state index >= 15 is 0 Å². The number of benzene rings is 6. The summed E-state index contributed by atoms with van der Waals surface area (Å²) >= 11 is 0. The molecule has 0 fully saturated rings. The molecule has 1 aromatic heterocycles. The van der Waals surface area contributed by atoms with Crippen molar-refractivity contribution in [2.75, 3.05) is 0 Å². The Morgan fingerprint density at radius 3 is 2.08 bits per heavy atom. The van der Waals surface area contributed by atoms with E-state index in [-0.39, 0.29) is 5.41 Å². The third kappa shape index (κ3) is 4.43. The first-order chi connectivity index (χ1) is 24.5. The topological polar surface area (TPSA) is 35.0 Å². The predicted octanol–water partition coefficient (Wildman–Crippen LogP) is 12.0. The fourth-order valence-electron chi connectivity index (χ4n) is 8.78. The first-order valence-corrected chi connectivity index (χ1v) is 17.8. The highest BCUT2D eigenvalue weighted by atomic mass is 16.5. The minimum Gasteiger partial charge on any atom is -0.460 e. The lowest BCUT2D eigenvalue weighted by molar-refractivity contribution is 0.409. The van der Waals surface area contributed by atoms with Crippen LogP contribution in [0.2, 0.25) is 0 Å². The highest BCUT2D eigenvalue weighted by molar-refractivity contribution is 6.03. The molecule has 0 radical (unpaired) electrons. The fraction of sp³-hybridized carbons (Fsp3) is 0.149. The van der Waals surface area contributed by atoms with Crippen molar-refractivity contribution in [1.29, 1.82) is 0 Å². The SMILES string of the molecule is CC1(C)c2cc(-c3nc(-c4ccccc4)cc(-c4ccccc4)n3)ccc2-c2c(C3=C4Oc5ccccc5C4CCC3)cc3ccccc3c21. The Bertz CT molecular complexity index is 2450. The molecule has 0 spiro atoms. The minimum absolute atomic E-state index is 0.242. The summed E-state index contributed by atoms with van der Waals surface area (Å²) in [4.78, 5) is 10.4. The number of rotatable bonds is 4. The van der Waals surface area contributed by atoms with E-state index in [1.165, 1.54) is 49.7 Å². The Hall–Kier alpha value is -5.80. The second kappa shape index (κ2) is 11.1. The van der Waals surface area contributed by atoms with Gasteiger partial charge in [0.05, 0.1) is 11.4 Å². The van der Waals surface area contributed by atoms with E-state index in [0.29, 0.717) is 5.92 Å². The Morgan fingerprint density at radius 1 is 0.640 bits per heavy atom. The first kappa shape index (κ1) is 29.1. The lowest BCUT2D eigenvalue weighted by Gasteiger charge is -2.27. The van der Waals surface area contributed by atoms with E-state index in [0.717, 1.165) is 64.7 Å². The molecule has 50 heavy (non-hydrogen) atoms. The van der Waals surface area contributed by atoms with Crippen LogP contribution in [0.15, 0.2) is 145 Å². The number of allylic oxidation sites excluding steroid dienone is 2. The summed E-state index contributed by atoms with van der Waals surface area (Å²) in [7, 11) is 0. The summed E-state index contributed by atoms with van der Waals surface area (Å²) in [5.41, 5.74) is 14.1. The molecule has 3 heteroatoms. The molecule has 2 aliphatic carbocycles. The number of para-hydroxylation sites is 1. The average Bonchev–Trinajstić information content (AvgIpc) is 3.67. The third-order valence-electron chi connectivity index (χ3n) is 11.1. The molecular weight excluding hydrogens is 609 g/mol. The van der Waals surface area contributed by atoms with Crippen LogP contribution in [-0.4, -0.2) is 9.97 Å². The van der Waals surface area contributed by atoms with Gasteiger partial charge in [-0.3, -0.25) is 0 Å². The molecule has 0 amide bonds. The summed E-state index contributed by atoms with van der Waals surface area (Å²) in [6.07, 6.45) is 3.29. The number of ether oxygens (including phenoxy) is 1. The van der Waals surface area contributed by atoms with Crippen LogP contribution in [0.3, 0.4) is 0 Å². The van der Waals surface area contributed by atoms with Gasteiger partial charge in [-0.15, -0.1) is 0 Å². The summed E-state index contributed by atoms with van der Waals surface area (Å²) in [5.74, 6) is 3.22. The van der Waals surface area contributed by atoms with Crippen molar-refractivity contribution in [1.82, 2.24) is 9.97 Å². The van der Waals surface area contributed by atoms with Crippen molar-refractivity contribution < 1.29 is 4.74 Å². The zero-order valence-corrected chi connectivity index (χ0v) is 28.3. The molecule has 2 heterocycles. The van der Waals surface area contributed by atoms with Crippen molar-refractivity contribution in [3.63, 3.8) is 0 Å². The van der Waals surface area contributed by atoms with Gasteiger partial charge in [0.1, 0.15) is 11.5 Å². The number of aromatic nitrogens is 2. The van der Waals surface area contributed by atoms with E-state index < -0.39 is 0 Å². The van der Waals surface area contributed by atoms with Gasteiger partial charge in [-0.05, 0) is 87.7 Å². The van der Waals surface area contributed by atoms with Gasteiger partial charge in [0.15, 0.2) is 5.82 Å². The zero-order chi connectivity index (χ0) is 33.4. The van der Waals surface area contributed by atoms with Crippen LogP contribution in [0.4, 0.5) is 0 Å². The fourth-order valence-corrected chi connectivity index (χ4v) is 8.78. The van der Waals surface area contributed by atoms with Crippen LogP contribution < -0.4 is 4.74 Å². The monoisotopic (exact) mass is 644 g/mol. The summed E-state index contributed by atoms with van der Waals surface area (Å²) < 4.78 is 6.73. The molecular formula is C47H36N2O. The van der Waals surface area contributed by atoms with E-state index in [9.17, 15) is 0 Å². The molecule has 3 nitrogen and oxygen atoms in total. The van der Waals surface area contributed by atoms with Crippen LogP contribution >= 0.6 is 0 Å². The maximum atomic E-state index is 6.73. The largest absolute Gasteiger partial charge is 0.460 e. The molecule has 1 unspecified atom stereocenters. The van der Waals surface area contributed by atoms with Gasteiger partial charge < -0.3 is 4.74 Å². The second-order valence-electron chi connectivity index (χ2n) is 14.4. The maximum absolute atomic E-state index is 6.73. The van der Waals surface area contributed by atoms with Gasteiger partial charge in [-0.2, -0.15) is 0 Å². The standard InChI is InChI=1S/C47H36N2O/c1-47(2)39-27-32(46-48-40(29-14-5-3-6-15-29)28-41(49-46)30-16-7-4-8-17-30)24-25-37(39)43-38(26-31-18-9-10-19-33(31)44(43)47)36-22-13-21-35-34-20-11-12-23-42(34)50-45(35)36/h3-12,14-20,23-28,35H,13,21-22H2,1-2H3. The van der Waals surface area contributed by atoms with E-state index in [4.69, 9.17) is 14.7 Å². The molecule has 10 rings (SSSR count). The Labute approximate surface area is 293 Å². The first-order valence-electron chi connectivity index (χ1n) is 17.8. The van der Waals surface area contributed by atoms with Gasteiger partial charge in [-0.1, -0.05) is 129 Å². The smallest absolute Gasteiger partial charge is 0.160 e. The van der Waals surface area contributed by atoms with Gasteiger partial charge in [0.25, 0.3) is 0 Å². The minimum atomic E-state index is -0.242. The van der Waals surface area contributed by atoms with Gasteiger partial charge in [-0.25, -0.2) is 9.97 Å². The molecule has 1 atom stereocenters. The molecule has 6 aromatic carbocycles. The van der Waals surface area contributed by atoms with Crippen molar-refractivity contribution in [2.45, 2.75) is 44.4 Å². The molecule has 7 aromatic rings. The normalized spacial score (nSPS) is 16.8. The van der Waals surface area contributed by atoms with Crippen LogP contribution in [-0.2, 0) is 5.41 Å². The zero-order valence-electron chi connectivity index (χ0n) is 28.3. The third-order valence-corrected chi connectivity index (χ3v) is 11.1. The van der Waals surface area contributed by atoms with Crippen molar-refractivity contribution in [3.8, 4) is 50.8 Å². The highest BCUT2D eigenvalue weighted by Gasteiger charge is 2.41. The molecule has 0 saturated carbocycles. The number of hydrogen-bond acceptors (Lipinski definition) is 3. The molecule has 1 aliphatic heterocycles. The van der Waals surface area contributed by atoms with Crippen molar-refractivity contribution in [3.05, 3.63) is 168 Å². The lowest BCUT2D eigenvalue weighted by Crippen LogP contribution is -2.16. The summed E-state index contributed by atoms with van der Waals surface area (Å²) in [5, 5.41) is 2.59. The highest BCUT2D eigenvalue weighted by Crippen LogP contribution is 2.57. The molecule has 0 saturated heterocycles. The van der Waals surface area contributed by atoms with Crippen LogP contribution in [0, 0.1) is 0 Å². The Kier molecular flexibility index (Phi) is 6.48. The maximum Gasteiger partial charge on any atom is 0.160 e. The van der Waals surface area contributed by atoms with Crippen LogP contribution in [0.5, 0.6) is 5.75 Å². The van der Waals surface area contributed by atoms with E-state index in [2.05, 4.69) is 141 Å². The Morgan fingerprint density at radius 2 is 1.32 bits per heavy atom. The lowest BCUT2D eigenvalue weighted by atomic mass is 9.77. The summed E-state index contributed by atoms with van der Waals surface area (Å²) in [6, 6.07) is 49.8. The molecule has 0 bridgehead atoms. The summed E-state index contributed by atoms with van der Waals surface area (Å²) in [6.45, 7) is 4.77. The van der Waals surface area contributed by atoms with Crippen molar-refractivity contribution in [2.24, 2.45) is 0 Å². The second-order valence-corrected chi connectivity index (χ2v) is 14.4. The van der Waals surface area contributed by atoms with Gasteiger partial charge >= 0.3 is 0 Å². The van der Waals surface area contributed by atoms with Crippen LogP contribution in [0.25, 0.3) is 61.4 Å². The molecule has 0 N–H and O–H groups in total. The van der Waals surface area contributed by atoms with Gasteiger partial charge in [0, 0.05) is 33.6 Å². The number of hydrogen-bond donors (Lipinski definition) is 0. The predicted molar refractivity (Wildman–Crippen MR) is 204 cm³/mol. The van der Waals surface area contributed by atoms with Crippen LogP contribution in [0.1, 0.15) is 61.3 Å².